The van der Waals surface area contributed by atoms with Crippen LogP contribution in [-0.4, -0.2) is 40.9 Å². The molecule has 4 aromatic rings. The molecular weight excluding hydrogens is 530 g/mol. The van der Waals surface area contributed by atoms with E-state index in [9.17, 15) is 10.1 Å². The average Bonchev–Trinajstić information content (AvgIpc) is 3.46. The van der Waals surface area contributed by atoms with E-state index >= 15 is 0 Å². The molecule has 2 aromatic heterocycles. The lowest BCUT2D eigenvalue weighted by molar-refractivity contribution is -0.384. The highest BCUT2D eigenvalue weighted by molar-refractivity contribution is 7.80. The molecule has 3 heterocycles. The van der Waals surface area contributed by atoms with Crippen LogP contribution in [0.25, 0.3) is 5.69 Å². The van der Waals surface area contributed by atoms with Gasteiger partial charge in [0.25, 0.3) is 5.69 Å². The Morgan fingerprint density at radius 2 is 1.68 bits per heavy atom. The lowest BCUT2D eigenvalue weighted by Gasteiger charge is -2.29. The van der Waals surface area contributed by atoms with Crippen molar-refractivity contribution in [1.82, 2.24) is 14.9 Å². The van der Waals surface area contributed by atoms with Gasteiger partial charge in [-0.05, 0) is 68.0 Å². The van der Waals surface area contributed by atoms with Gasteiger partial charge in [0.2, 0.25) is 0 Å². The highest BCUT2D eigenvalue weighted by Crippen LogP contribution is 2.47. The smallest absolute Gasteiger partial charge is 0.271 e. The predicted octanol–water partition coefficient (Wildman–Crippen LogP) is 5.60. The molecule has 1 aliphatic rings. The summed E-state index contributed by atoms with van der Waals surface area (Å²) in [5.41, 5.74) is 4.81. The third kappa shape index (κ3) is 4.58. The monoisotopic (exact) mass is 559 g/mol. The van der Waals surface area contributed by atoms with Crippen LogP contribution in [0.15, 0.2) is 66.9 Å². The van der Waals surface area contributed by atoms with Gasteiger partial charge < -0.3 is 29.0 Å². The van der Waals surface area contributed by atoms with Gasteiger partial charge in [-0.3, -0.25) is 15.1 Å². The number of hydrogen-bond acceptors (Lipinski definition) is 7. The number of methoxy groups -OCH3 is 3. The molecule has 0 unspecified atom stereocenters. The first-order chi connectivity index (χ1) is 19.3. The Morgan fingerprint density at radius 3 is 2.33 bits per heavy atom. The van der Waals surface area contributed by atoms with Crippen molar-refractivity contribution in [3.63, 3.8) is 0 Å². The standard InChI is InChI=1S/C29H29N5O5S/c1-17-14-21(18(2)32(17)23-15-19(34(35)36)9-11-25(23)38-4)28-27(22-8-6-7-13-30-22)31-29(40)33(28)24-16-20(37-3)10-12-26(24)39-5/h6-16,27-28H,1-5H3,(H,31,40)/t27-,28+/m0/s1. The second-order valence-corrected chi connectivity index (χ2v) is 9.70. The molecule has 1 fully saturated rings. The van der Waals surface area contributed by atoms with Crippen LogP contribution < -0.4 is 24.4 Å². The summed E-state index contributed by atoms with van der Waals surface area (Å²) < 4.78 is 18.8. The minimum Gasteiger partial charge on any atom is -0.497 e. The van der Waals surface area contributed by atoms with Gasteiger partial charge >= 0.3 is 0 Å². The zero-order chi connectivity index (χ0) is 28.6. The summed E-state index contributed by atoms with van der Waals surface area (Å²) in [4.78, 5) is 17.9. The van der Waals surface area contributed by atoms with Crippen LogP contribution in [0.2, 0.25) is 0 Å². The molecule has 11 heteroatoms. The van der Waals surface area contributed by atoms with E-state index in [0.717, 1.165) is 28.3 Å². The number of nitro benzene ring substituents is 1. The first-order valence-electron chi connectivity index (χ1n) is 12.5. The number of hydrogen-bond donors (Lipinski definition) is 1. The van der Waals surface area contributed by atoms with Gasteiger partial charge in [0, 0.05) is 35.8 Å². The van der Waals surface area contributed by atoms with Crippen LogP contribution in [0, 0.1) is 24.0 Å². The van der Waals surface area contributed by atoms with E-state index in [2.05, 4.69) is 16.4 Å². The van der Waals surface area contributed by atoms with Crippen LogP contribution in [0.5, 0.6) is 17.2 Å². The van der Waals surface area contributed by atoms with Crippen LogP contribution >= 0.6 is 12.2 Å². The van der Waals surface area contributed by atoms with Crippen molar-refractivity contribution >= 4 is 28.7 Å². The van der Waals surface area contributed by atoms with Gasteiger partial charge in [0.05, 0.1) is 55.4 Å². The first-order valence-corrected chi connectivity index (χ1v) is 12.9. The summed E-state index contributed by atoms with van der Waals surface area (Å²) >= 11 is 5.91. The third-order valence-electron chi connectivity index (χ3n) is 7.15. The number of aromatic nitrogens is 2. The minimum atomic E-state index is -0.411. The number of non-ortho nitro benzene ring substituents is 1. The zero-order valence-corrected chi connectivity index (χ0v) is 23.6. The van der Waals surface area contributed by atoms with Gasteiger partial charge in [-0.25, -0.2) is 0 Å². The molecule has 2 atom stereocenters. The van der Waals surface area contributed by atoms with E-state index in [1.54, 1.807) is 33.6 Å². The van der Waals surface area contributed by atoms with Crippen molar-refractivity contribution in [3.8, 4) is 22.9 Å². The summed E-state index contributed by atoms with van der Waals surface area (Å²) in [6, 6.07) is 17.4. The maximum Gasteiger partial charge on any atom is 0.271 e. The summed E-state index contributed by atoms with van der Waals surface area (Å²) in [5, 5.41) is 15.6. The lowest BCUT2D eigenvalue weighted by Crippen LogP contribution is -2.30. The van der Waals surface area contributed by atoms with Crippen molar-refractivity contribution in [1.29, 1.82) is 0 Å². The number of nitrogens with zero attached hydrogens (tertiary/aromatic N) is 4. The first kappa shape index (κ1) is 26.9. The van der Waals surface area contributed by atoms with E-state index in [-0.39, 0.29) is 17.8 Å². The maximum absolute atomic E-state index is 11.6. The highest BCUT2D eigenvalue weighted by Gasteiger charge is 2.43. The highest BCUT2D eigenvalue weighted by atomic mass is 32.1. The molecule has 0 bridgehead atoms. The van der Waals surface area contributed by atoms with Crippen molar-refractivity contribution in [2.45, 2.75) is 25.9 Å². The largest absolute Gasteiger partial charge is 0.497 e. The topological polar surface area (TPSA) is 104 Å². The van der Waals surface area contributed by atoms with Gasteiger partial charge in [-0.15, -0.1) is 0 Å². The fraction of sp³-hybridized carbons (Fsp3) is 0.241. The van der Waals surface area contributed by atoms with Crippen LogP contribution in [0.1, 0.15) is 34.7 Å². The molecule has 0 spiro atoms. The average molecular weight is 560 g/mol. The number of ether oxygens (including phenoxy) is 3. The maximum atomic E-state index is 11.6. The molecule has 1 aliphatic heterocycles. The molecule has 0 aliphatic carbocycles. The minimum absolute atomic E-state index is 0.0253. The molecular formula is C29H29N5O5S. The number of aryl methyl sites for hydroxylation is 1. The Labute approximate surface area is 237 Å². The molecule has 0 saturated carbocycles. The fourth-order valence-electron chi connectivity index (χ4n) is 5.34. The zero-order valence-electron chi connectivity index (χ0n) is 22.7. The SMILES string of the molecule is COc1ccc(OC)c(N2C(=S)N[C@@H](c3ccccn3)[C@H]2c2cc(C)n(-c3cc([N+](=O)[O-])ccc3OC)c2C)c1. The summed E-state index contributed by atoms with van der Waals surface area (Å²) in [5.74, 6) is 1.81. The van der Waals surface area contributed by atoms with Crippen molar-refractivity contribution in [2.24, 2.45) is 0 Å². The molecule has 1 saturated heterocycles. The fourth-order valence-corrected chi connectivity index (χ4v) is 5.68. The van der Waals surface area contributed by atoms with Crippen LogP contribution in [0.4, 0.5) is 11.4 Å². The number of benzene rings is 2. The second-order valence-electron chi connectivity index (χ2n) is 9.31. The number of rotatable bonds is 8. The van der Waals surface area contributed by atoms with Crippen LogP contribution in [0.3, 0.4) is 0 Å². The lowest BCUT2D eigenvalue weighted by atomic mass is 9.96. The Bertz CT molecular complexity index is 1590. The summed E-state index contributed by atoms with van der Waals surface area (Å²) in [6.45, 7) is 3.94. The van der Waals surface area contributed by atoms with E-state index < -0.39 is 4.92 Å². The van der Waals surface area contributed by atoms with Gasteiger partial charge in [0.15, 0.2) is 5.11 Å². The summed E-state index contributed by atoms with van der Waals surface area (Å²) in [7, 11) is 4.77. The third-order valence-corrected chi connectivity index (χ3v) is 7.46. The van der Waals surface area contributed by atoms with Crippen molar-refractivity contribution < 1.29 is 19.1 Å². The molecule has 0 radical (unpaired) electrons. The van der Waals surface area contributed by atoms with Crippen molar-refractivity contribution in [2.75, 3.05) is 26.2 Å². The second kappa shape index (κ2) is 10.9. The van der Waals surface area contributed by atoms with Gasteiger partial charge in [-0.2, -0.15) is 0 Å². The number of pyridine rings is 1. The number of nitrogens with one attached hydrogen (secondary N) is 1. The van der Waals surface area contributed by atoms with Crippen molar-refractivity contribution in [3.05, 3.63) is 99.6 Å². The Hall–Kier alpha value is -4.64. The molecule has 5 rings (SSSR count). The normalized spacial score (nSPS) is 16.5. The number of nitro groups is 1. The molecule has 10 nitrogen and oxygen atoms in total. The van der Waals surface area contributed by atoms with E-state index in [1.807, 2.05) is 59.7 Å². The van der Waals surface area contributed by atoms with Gasteiger partial charge in [-0.1, -0.05) is 6.07 Å². The Kier molecular flexibility index (Phi) is 7.31. The molecule has 206 valence electrons. The molecule has 40 heavy (non-hydrogen) atoms. The predicted molar refractivity (Wildman–Crippen MR) is 156 cm³/mol. The van der Waals surface area contributed by atoms with E-state index in [1.165, 1.54) is 12.1 Å². The Balaban J connectivity index is 1.74. The molecule has 0 amide bonds. The van der Waals surface area contributed by atoms with E-state index in [0.29, 0.717) is 28.0 Å². The quantitative estimate of drug-likeness (QED) is 0.168. The Morgan fingerprint density at radius 1 is 0.950 bits per heavy atom. The number of anilines is 1. The van der Waals surface area contributed by atoms with Crippen LogP contribution in [-0.2, 0) is 0 Å². The molecule has 1 N–H and O–H groups in total. The molecule has 2 aromatic carbocycles. The summed E-state index contributed by atoms with van der Waals surface area (Å²) in [6.07, 6.45) is 1.75. The number of thiocarbonyl (C=S) groups is 1. The van der Waals surface area contributed by atoms with Gasteiger partial charge in [0.1, 0.15) is 17.2 Å². The van der Waals surface area contributed by atoms with E-state index in [4.69, 9.17) is 26.4 Å².